The van der Waals surface area contributed by atoms with Gasteiger partial charge in [-0.3, -0.25) is 19.8 Å². The molecule has 1 aliphatic heterocycles. The van der Waals surface area contributed by atoms with Crippen LogP contribution in [0.15, 0.2) is 0 Å². The first kappa shape index (κ1) is 19.3. The van der Waals surface area contributed by atoms with Crippen molar-refractivity contribution < 1.29 is 34.4 Å². The molecule has 0 aromatic heterocycles. The van der Waals surface area contributed by atoms with E-state index in [2.05, 4.69) is 16.2 Å². The number of nitrogens with two attached hydrogens (primary N) is 1. The molecule has 1 heterocycles. The molecule has 5 atom stereocenters. The van der Waals surface area contributed by atoms with Crippen molar-refractivity contribution in [3.05, 3.63) is 0 Å². The lowest BCUT2D eigenvalue weighted by atomic mass is 9.96. The molecule has 11 nitrogen and oxygen atoms in total. The molecule has 1 rings (SSSR count). The standard InChI is InChI=1S/C12H22N4O7/c1-5(18)14-9-11(22)10(21)6(4-17)23-12(9)16-15-8(20)3-2-7(13)19/h6,9-12,16-17,21-22H,2-4H2,1H3,(H2,13,19)(H,14,18)(H,15,20)/t6-,9+,10-,11-,12-/m1/s1. The third-order valence-electron chi connectivity index (χ3n) is 3.25. The molecule has 11 heteroatoms. The quantitative estimate of drug-likeness (QED) is 0.229. The first-order valence-corrected chi connectivity index (χ1v) is 6.98. The minimum atomic E-state index is -1.43. The predicted molar refractivity (Wildman–Crippen MR) is 75.1 cm³/mol. The molecular weight excluding hydrogens is 312 g/mol. The first-order chi connectivity index (χ1) is 10.8. The van der Waals surface area contributed by atoms with Crippen molar-refractivity contribution in [2.75, 3.05) is 6.61 Å². The van der Waals surface area contributed by atoms with E-state index in [0.29, 0.717) is 0 Å². The Balaban J connectivity index is 2.68. The number of primary amides is 1. The number of carbonyl (C=O) groups is 3. The summed E-state index contributed by atoms with van der Waals surface area (Å²) in [5, 5.41) is 31.4. The number of amides is 3. The minimum Gasteiger partial charge on any atom is -0.394 e. The summed E-state index contributed by atoms with van der Waals surface area (Å²) in [5.74, 6) is -1.68. The SMILES string of the molecule is CC(=O)N[C@H]1[C@@H](O)[C@H](O)[C@@H](CO)O[C@H]1NNC(=O)CCC(N)=O. The summed E-state index contributed by atoms with van der Waals surface area (Å²) < 4.78 is 5.32. The van der Waals surface area contributed by atoms with Crippen LogP contribution < -0.4 is 21.9 Å². The Morgan fingerprint density at radius 2 is 1.83 bits per heavy atom. The van der Waals surface area contributed by atoms with E-state index in [4.69, 9.17) is 15.6 Å². The Morgan fingerprint density at radius 1 is 1.17 bits per heavy atom. The molecule has 0 radical (unpaired) electrons. The van der Waals surface area contributed by atoms with E-state index in [1.807, 2.05) is 0 Å². The van der Waals surface area contributed by atoms with Crippen molar-refractivity contribution in [1.82, 2.24) is 16.2 Å². The van der Waals surface area contributed by atoms with Crippen molar-refractivity contribution in [3.63, 3.8) is 0 Å². The molecule has 0 bridgehead atoms. The van der Waals surface area contributed by atoms with Crippen LogP contribution >= 0.6 is 0 Å². The second kappa shape index (κ2) is 8.74. The molecule has 1 fully saturated rings. The molecule has 0 unspecified atom stereocenters. The van der Waals surface area contributed by atoms with Crippen LogP contribution in [0.3, 0.4) is 0 Å². The van der Waals surface area contributed by atoms with Crippen LogP contribution in [0.2, 0.25) is 0 Å². The highest BCUT2D eigenvalue weighted by atomic mass is 16.5. The van der Waals surface area contributed by atoms with Gasteiger partial charge in [0.25, 0.3) is 0 Å². The minimum absolute atomic E-state index is 0.144. The summed E-state index contributed by atoms with van der Waals surface area (Å²) in [6.45, 7) is 0.637. The summed E-state index contributed by atoms with van der Waals surface area (Å²) in [4.78, 5) is 33.3. The molecule has 0 spiro atoms. The smallest absolute Gasteiger partial charge is 0.234 e. The number of hydrogen-bond donors (Lipinski definition) is 7. The maximum atomic E-state index is 11.5. The van der Waals surface area contributed by atoms with Gasteiger partial charge in [-0.2, -0.15) is 0 Å². The summed E-state index contributed by atoms with van der Waals surface area (Å²) >= 11 is 0. The fourth-order valence-corrected chi connectivity index (χ4v) is 2.09. The number of rotatable bonds is 7. The van der Waals surface area contributed by atoms with Gasteiger partial charge in [0.2, 0.25) is 17.7 Å². The lowest BCUT2D eigenvalue weighted by Gasteiger charge is -2.42. The van der Waals surface area contributed by atoms with Crippen LogP contribution in [0.1, 0.15) is 19.8 Å². The zero-order chi connectivity index (χ0) is 17.6. The van der Waals surface area contributed by atoms with Crippen LogP contribution in [0.5, 0.6) is 0 Å². The second-order valence-electron chi connectivity index (χ2n) is 5.14. The molecule has 132 valence electrons. The first-order valence-electron chi connectivity index (χ1n) is 6.98. The normalized spacial score (nSPS) is 30.5. The van der Waals surface area contributed by atoms with Gasteiger partial charge in [-0.25, -0.2) is 5.43 Å². The van der Waals surface area contributed by atoms with E-state index in [0.717, 1.165) is 0 Å². The average Bonchev–Trinajstić information content (AvgIpc) is 2.48. The van der Waals surface area contributed by atoms with Crippen molar-refractivity contribution in [2.24, 2.45) is 5.73 Å². The van der Waals surface area contributed by atoms with Gasteiger partial charge >= 0.3 is 0 Å². The second-order valence-corrected chi connectivity index (χ2v) is 5.14. The zero-order valence-corrected chi connectivity index (χ0v) is 12.6. The number of hydrazine groups is 1. The molecule has 0 aromatic rings. The molecule has 1 aliphatic rings. The lowest BCUT2D eigenvalue weighted by molar-refractivity contribution is -0.205. The number of aliphatic hydroxyl groups is 3. The molecule has 23 heavy (non-hydrogen) atoms. The maximum Gasteiger partial charge on any atom is 0.234 e. The monoisotopic (exact) mass is 334 g/mol. The summed E-state index contributed by atoms with van der Waals surface area (Å²) in [5.41, 5.74) is 9.61. The van der Waals surface area contributed by atoms with Gasteiger partial charge in [0.1, 0.15) is 24.5 Å². The number of ether oxygens (including phenoxy) is 1. The average molecular weight is 334 g/mol. The van der Waals surface area contributed by atoms with Gasteiger partial charge in [0, 0.05) is 19.8 Å². The van der Waals surface area contributed by atoms with Crippen LogP contribution in [0.25, 0.3) is 0 Å². The number of nitrogens with one attached hydrogen (secondary N) is 3. The van der Waals surface area contributed by atoms with Crippen LogP contribution in [0.4, 0.5) is 0 Å². The van der Waals surface area contributed by atoms with E-state index in [-0.39, 0.29) is 12.8 Å². The van der Waals surface area contributed by atoms with Gasteiger partial charge in [-0.15, -0.1) is 0 Å². The third kappa shape index (κ3) is 5.73. The molecule has 8 N–H and O–H groups in total. The van der Waals surface area contributed by atoms with Crippen molar-refractivity contribution in [1.29, 1.82) is 0 Å². The lowest BCUT2D eigenvalue weighted by Crippen LogP contribution is -2.69. The van der Waals surface area contributed by atoms with E-state index < -0.39 is 54.9 Å². The topological polar surface area (TPSA) is 183 Å². The Labute approximate surface area is 132 Å². The highest BCUT2D eigenvalue weighted by Crippen LogP contribution is 2.19. The largest absolute Gasteiger partial charge is 0.394 e. The van der Waals surface area contributed by atoms with E-state index >= 15 is 0 Å². The Morgan fingerprint density at radius 3 is 2.35 bits per heavy atom. The van der Waals surface area contributed by atoms with Gasteiger partial charge in [0.05, 0.1) is 12.6 Å². The molecule has 1 saturated heterocycles. The molecular formula is C12H22N4O7. The van der Waals surface area contributed by atoms with E-state index in [1.54, 1.807) is 0 Å². The molecule has 0 aliphatic carbocycles. The van der Waals surface area contributed by atoms with Crippen molar-refractivity contribution in [3.8, 4) is 0 Å². The van der Waals surface area contributed by atoms with Crippen LogP contribution in [-0.2, 0) is 19.1 Å². The maximum absolute atomic E-state index is 11.5. The number of carbonyl (C=O) groups excluding carboxylic acids is 3. The van der Waals surface area contributed by atoms with Gasteiger partial charge in [0.15, 0.2) is 0 Å². The molecule has 3 amide bonds. The fourth-order valence-electron chi connectivity index (χ4n) is 2.09. The Kier molecular flexibility index (Phi) is 7.32. The highest BCUT2D eigenvalue weighted by molar-refractivity contribution is 5.82. The highest BCUT2D eigenvalue weighted by Gasteiger charge is 2.44. The van der Waals surface area contributed by atoms with Crippen molar-refractivity contribution >= 4 is 17.7 Å². The van der Waals surface area contributed by atoms with Crippen LogP contribution in [0, 0.1) is 0 Å². The van der Waals surface area contributed by atoms with E-state index in [9.17, 15) is 24.6 Å². The predicted octanol–water partition coefficient (Wildman–Crippen LogP) is -4.18. The van der Waals surface area contributed by atoms with Crippen molar-refractivity contribution in [2.45, 2.75) is 50.3 Å². The zero-order valence-electron chi connectivity index (χ0n) is 12.6. The summed E-state index contributed by atoms with van der Waals surface area (Å²) in [6, 6.07) is -1.07. The van der Waals surface area contributed by atoms with E-state index in [1.165, 1.54) is 6.92 Å². The van der Waals surface area contributed by atoms with Crippen LogP contribution in [-0.4, -0.2) is 70.2 Å². The summed E-state index contributed by atoms with van der Waals surface area (Å²) in [6.07, 6.45) is -5.35. The molecule has 0 aromatic carbocycles. The fraction of sp³-hybridized carbons (Fsp3) is 0.750. The number of hydrogen-bond acceptors (Lipinski definition) is 8. The third-order valence-corrected chi connectivity index (χ3v) is 3.25. The van der Waals surface area contributed by atoms with Gasteiger partial charge in [-0.05, 0) is 0 Å². The molecule has 0 saturated carbocycles. The summed E-state index contributed by atoms with van der Waals surface area (Å²) in [7, 11) is 0. The number of aliphatic hydroxyl groups excluding tert-OH is 3. The van der Waals surface area contributed by atoms with Gasteiger partial charge < -0.3 is 31.1 Å². The Hall–Kier alpha value is -1.79. The Bertz CT molecular complexity index is 447. The van der Waals surface area contributed by atoms with Gasteiger partial charge in [-0.1, -0.05) is 0 Å².